The van der Waals surface area contributed by atoms with Gasteiger partial charge in [0.25, 0.3) is 0 Å². The predicted molar refractivity (Wildman–Crippen MR) is 56.0 cm³/mol. The molecule has 0 aromatic heterocycles. The highest BCUT2D eigenvalue weighted by Crippen LogP contribution is 2.04. The molecule has 0 rings (SSSR count). The Kier molecular flexibility index (Phi) is 5.18. The fraction of sp³-hybridized carbons (Fsp3) is 0.455. The van der Waals surface area contributed by atoms with Crippen molar-refractivity contribution in [3.05, 3.63) is 36.6 Å². The SMILES string of the molecule is C=C/C=C\C=C(/C)N(C)C(C)C. The van der Waals surface area contributed by atoms with Crippen LogP contribution in [0.1, 0.15) is 20.8 Å². The zero-order valence-corrected chi connectivity index (χ0v) is 8.54. The summed E-state index contributed by atoms with van der Waals surface area (Å²) in [7, 11) is 2.10. The van der Waals surface area contributed by atoms with Crippen LogP contribution >= 0.6 is 0 Å². The van der Waals surface area contributed by atoms with Gasteiger partial charge >= 0.3 is 0 Å². The molecule has 0 aromatic carbocycles. The molecule has 0 atom stereocenters. The van der Waals surface area contributed by atoms with Crippen molar-refractivity contribution in [2.45, 2.75) is 26.8 Å². The second kappa shape index (κ2) is 5.64. The number of hydrogen-bond donors (Lipinski definition) is 0. The van der Waals surface area contributed by atoms with Crippen molar-refractivity contribution in [1.29, 1.82) is 0 Å². The van der Waals surface area contributed by atoms with Gasteiger partial charge in [-0.05, 0) is 26.8 Å². The van der Waals surface area contributed by atoms with E-state index in [4.69, 9.17) is 0 Å². The lowest BCUT2D eigenvalue weighted by Gasteiger charge is -2.23. The Morgan fingerprint density at radius 3 is 2.33 bits per heavy atom. The molecule has 0 radical (unpaired) electrons. The molecule has 0 aliphatic heterocycles. The van der Waals surface area contributed by atoms with Crippen LogP contribution in [0.2, 0.25) is 0 Å². The highest BCUT2D eigenvalue weighted by molar-refractivity contribution is 5.13. The Labute approximate surface area is 76.1 Å². The van der Waals surface area contributed by atoms with Crippen LogP contribution in [0.5, 0.6) is 0 Å². The van der Waals surface area contributed by atoms with Crippen LogP contribution < -0.4 is 0 Å². The Bertz CT molecular complexity index is 187. The maximum absolute atomic E-state index is 3.61. The predicted octanol–water partition coefficient (Wildman–Crippen LogP) is 2.97. The summed E-state index contributed by atoms with van der Waals surface area (Å²) >= 11 is 0. The second-order valence-corrected chi connectivity index (χ2v) is 3.13. The zero-order chi connectivity index (χ0) is 9.56. The first kappa shape index (κ1) is 11.0. The van der Waals surface area contributed by atoms with Crippen LogP contribution in [0.3, 0.4) is 0 Å². The highest BCUT2D eigenvalue weighted by atomic mass is 15.1. The second-order valence-electron chi connectivity index (χ2n) is 3.13. The van der Waals surface area contributed by atoms with E-state index in [1.807, 2.05) is 12.2 Å². The van der Waals surface area contributed by atoms with E-state index >= 15 is 0 Å². The lowest BCUT2D eigenvalue weighted by atomic mass is 10.3. The number of rotatable bonds is 4. The number of hydrogen-bond acceptors (Lipinski definition) is 1. The molecule has 0 unspecified atom stereocenters. The van der Waals surface area contributed by atoms with Crippen molar-refractivity contribution < 1.29 is 0 Å². The molecular formula is C11H19N. The molecule has 0 aliphatic rings. The number of nitrogens with zero attached hydrogens (tertiary/aromatic N) is 1. The molecule has 0 spiro atoms. The summed E-state index contributed by atoms with van der Waals surface area (Å²) in [4.78, 5) is 2.23. The third kappa shape index (κ3) is 4.02. The zero-order valence-electron chi connectivity index (χ0n) is 8.54. The lowest BCUT2D eigenvalue weighted by molar-refractivity contribution is 0.345. The molecule has 0 saturated heterocycles. The van der Waals surface area contributed by atoms with Crippen LogP contribution in [0.15, 0.2) is 36.6 Å². The number of allylic oxidation sites excluding steroid dienone is 5. The van der Waals surface area contributed by atoms with Gasteiger partial charge in [0.2, 0.25) is 0 Å². The van der Waals surface area contributed by atoms with Gasteiger partial charge in [-0.1, -0.05) is 24.8 Å². The van der Waals surface area contributed by atoms with Crippen molar-refractivity contribution in [3.63, 3.8) is 0 Å². The van der Waals surface area contributed by atoms with E-state index in [1.54, 1.807) is 6.08 Å². The summed E-state index contributed by atoms with van der Waals surface area (Å²) in [6, 6.07) is 0.554. The average Bonchev–Trinajstić information content (AvgIpc) is 2.03. The van der Waals surface area contributed by atoms with Crippen LogP contribution in [-0.4, -0.2) is 18.0 Å². The Morgan fingerprint density at radius 1 is 1.33 bits per heavy atom. The molecule has 0 N–H and O–H groups in total. The van der Waals surface area contributed by atoms with Crippen LogP contribution in [0.25, 0.3) is 0 Å². The Hall–Kier alpha value is -0.980. The van der Waals surface area contributed by atoms with Crippen LogP contribution in [-0.2, 0) is 0 Å². The van der Waals surface area contributed by atoms with E-state index in [0.717, 1.165) is 0 Å². The van der Waals surface area contributed by atoms with E-state index in [1.165, 1.54) is 5.70 Å². The van der Waals surface area contributed by atoms with Gasteiger partial charge in [0.05, 0.1) is 0 Å². The van der Waals surface area contributed by atoms with Crippen molar-refractivity contribution >= 4 is 0 Å². The molecule has 0 saturated carbocycles. The molecule has 0 heterocycles. The van der Waals surface area contributed by atoms with Gasteiger partial charge in [-0.3, -0.25) is 0 Å². The van der Waals surface area contributed by atoms with E-state index in [2.05, 4.69) is 45.4 Å². The smallest absolute Gasteiger partial charge is 0.0227 e. The minimum atomic E-state index is 0.554. The van der Waals surface area contributed by atoms with Gasteiger partial charge in [-0.25, -0.2) is 0 Å². The molecule has 68 valence electrons. The first-order chi connectivity index (χ1) is 5.59. The summed E-state index contributed by atoms with van der Waals surface area (Å²) in [5.74, 6) is 0. The molecule has 0 fully saturated rings. The monoisotopic (exact) mass is 165 g/mol. The van der Waals surface area contributed by atoms with Crippen molar-refractivity contribution in [2.75, 3.05) is 7.05 Å². The highest BCUT2D eigenvalue weighted by Gasteiger charge is 2.00. The largest absolute Gasteiger partial charge is 0.376 e. The van der Waals surface area contributed by atoms with E-state index in [0.29, 0.717) is 6.04 Å². The van der Waals surface area contributed by atoms with Gasteiger partial charge in [-0.15, -0.1) is 0 Å². The molecule has 0 aromatic rings. The standard InChI is InChI=1S/C11H19N/c1-6-7-8-9-11(4)12(5)10(2)3/h6-10H,1H2,2-5H3/b8-7-,11-9+. The third-order valence-corrected chi connectivity index (χ3v) is 1.92. The van der Waals surface area contributed by atoms with Crippen LogP contribution in [0, 0.1) is 0 Å². The van der Waals surface area contributed by atoms with Gasteiger partial charge in [0, 0.05) is 18.8 Å². The molecular weight excluding hydrogens is 146 g/mol. The third-order valence-electron chi connectivity index (χ3n) is 1.92. The van der Waals surface area contributed by atoms with E-state index in [9.17, 15) is 0 Å². The summed E-state index contributed by atoms with van der Waals surface area (Å²) in [6.07, 6.45) is 7.79. The quantitative estimate of drug-likeness (QED) is 0.579. The van der Waals surface area contributed by atoms with Gasteiger partial charge in [0.15, 0.2) is 0 Å². The molecule has 0 aliphatic carbocycles. The summed E-state index contributed by atoms with van der Waals surface area (Å²) in [5, 5.41) is 0. The fourth-order valence-corrected chi connectivity index (χ4v) is 0.798. The molecule has 0 amide bonds. The summed E-state index contributed by atoms with van der Waals surface area (Å²) < 4.78 is 0. The lowest BCUT2D eigenvalue weighted by Crippen LogP contribution is -2.23. The van der Waals surface area contributed by atoms with E-state index < -0.39 is 0 Å². The van der Waals surface area contributed by atoms with E-state index in [-0.39, 0.29) is 0 Å². The first-order valence-electron chi connectivity index (χ1n) is 4.28. The van der Waals surface area contributed by atoms with Crippen molar-refractivity contribution in [2.24, 2.45) is 0 Å². The molecule has 1 nitrogen and oxygen atoms in total. The Morgan fingerprint density at radius 2 is 1.92 bits per heavy atom. The van der Waals surface area contributed by atoms with Gasteiger partial charge in [-0.2, -0.15) is 0 Å². The fourth-order valence-electron chi connectivity index (χ4n) is 0.798. The molecule has 0 bridgehead atoms. The minimum Gasteiger partial charge on any atom is -0.376 e. The van der Waals surface area contributed by atoms with Crippen molar-refractivity contribution in [1.82, 2.24) is 4.90 Å². The molecule has 1 heteroatoms. The summed E-state index contributed by atoms with van der Waals surface area (Å²) in [5.41, 5.74) is 1.27. The van der Waals surface area contributed by atoms with Gasteiger partial charge in [0.1, 0.15) is 0 Å². The first-order valence-corrected chi connectivity index (χ1v) is 4.28. The average molecular weight is 165 g/mol. The molecule has 12 heavy (non-hydrogen) atoms. The topological polar surface area (TPSA) is 3.24 Å². The maximum atomic E-state index is 3.61. The Balaban J connectivity index is 4.16. The maximum Gasteiger partial charge on any atom is 0.0227 e. The van der Waals surface area contributed by atoms with Gasteiger partial charge < -0.3 is 4.90 Å². The van der Waals surface area contributed by atoms with Crippen LogP contribution in [0.4, 0.5) is 0 Å². The minimum absolute atomic E-state index is 0.554. The van der Waals surface area contributed by atoms with Crippen molar-refractivity contribution in [3.8, 4) is 0 Å². The summed E-state index contributed by atoms with van der Waals surface area (Å²) in [6.45, 7) is 10.1. The normalized spacial score (nSPS) is 12.6.